The maximum absolute atomic E-state index is 12.3. The van der Waals surface area contributed by atoms with Gasteiger partial charge in [0.1, 0.15) is 10.9 Å². The highest BCUT2D eigenvalue weighted by Crippen LogP contribution is 2.34. The first-order chi connectivity index (χ1) is 10.6. The zero-order valence-corrected chi connectivity index (χ0v) is 12.4. The number of ether oxygens (including phenoxy) is 1. The van der Waals surface area contributed by atoms with Crippen molar-refractivity contribution < 1.29 is 14.3 Å². The molecule has 1 saturated heterocycles. The number of thiophene rings is 1. The molecule has 22 heavy (non-hydrogen) atoms. The molecule has 1 fully saturated rings. The zero-order valence-electron chi connectivity index (χ0n) is 11.6. The van der Waals surface area contributed by atoms with Gasteiger partial charge in [-0.15, -0.1) is 11.3 Å². The molecule has 0 aromatic carbocycles. The zero-order chi connectivity index (χ0) is 15.3. The number of cyclic esters (lactones) is 1. The number of aromatic amines is 1. The highest BCUT2D eigenvalue weighted by molar-refractivity contribution is 7.18. The van der Waals surface area contributed by atoms with Crippen LogP contribution in [-0.4, -0.2) is 34.5 Å². The SMILES string of the molecule is O=C(N[C@H]1CCOC1=O)c1nc2sc3c(c2c(=O)[nH]1)CCC3. The van der Waals surface area contributed by atoms with Crippen molar-refractivity contribution in [2.45, 2.75) is 31.7 Å². The highest BCUT2D eigenvalue weighted by atomic mass is 32.1. The summed E-state index contributed by atoms with van der Waals surface area (Å²) in [6.07, 6.45) is 3.34. The van der Waals surface area contributed by atoms with Crippen LogP contribution in [0.15, 0.2) is 4.79 Å². The molecule has 0 radical (unpaired) electrons. The summed E-state index contributed by atoms with van der Waals surface area (Å²) >= 11 is 1.47. The van der Waals surface area contributed by atoms with Crippen LogP contribution in [0.1, 0.15) is 33.9 Å². The van der Waals surface area contributed by atoms with Gasteiger partial charge >= 0.3 is 5.97 Å². The van der Waals surface area contributed by atoms with Crippen molar-refractivity contribution in [3.05, 3.63) is 26.6 Å². The lowest BCUT2D eigenvalue weighted by Gasteiger charge is -2.07. The van der Waals surface area contributed by atoms with Crippen LogP contribution >= 0.6 is 11.3 Å². The average molecular weight is 319 g/mol. The van der Waals surface area contributed by atoms with Gasteiger partial charge in [-0.1, -0.05) is 0 Å². The molecule has 1 amide bonds. The minimum atomic E-state index is -0.665. The summed E-state index contributed by atoms with van der Waals surface area (Å²) in [4.78, 5) is 44.4. The normalized spacial score (nSPS) is 20.2. The quantitative estimate of drug-likeness (QED) is 0.786. The number of nitrogens with zero attached hydrogens (tertiary/aromatic N) is 1. The van der Waals surface area contributed by atoms with E-state index in [0.29, 0.717) is 23.2 Å². The first-order valence-electron chi connectivity index (χ1n) is 7.15. The number of amides is 1. The van der Waals surface area contributed by atoms with Crippen LogP contribution in [0.5, 0.6) is 0 Å². The molecule has 1 aliphatic carbocycles. The smallest absolute Gasteiger partial charge is 0.328 e. The number of hydrogen-bond acceptors (Lipinski definition) is 6. The molecule has 4 rings (SSSR count). The summed E-state index contributed by atoms with van der Waals surface area (Å²) in [5, 5.41) is 3.15. The number of H-pyrrole nitrogens is 1. The topological polar surface area (TPSA) is 101 Å². The largest absolute Gasteiger partial charge is 0.464 e. The van der Waals surface area contributed by atoms with Gasteiger partial charge in [0.15, 0.2) is 0 Å². The van der Waals surface area contributed by atoms with Crippen LogP contribution in [0.2, 0.25) is 0 Å². The third-order valence-corrected chi connectivity index (χ3v) is 5.22. The summed E-state index contributed by atoms with van der Waals surface area (Å²) in [5.41, 5.74) is 0.781. The van der Waals surface area contributed by atoms with E-state index < -0.39 is 17.9 Å². The van der Waals surface area contributed by atoms with E-state index in [1.54, 1.807) is 0 Å². The molecule has 1 aliphatic heterocycles. The number of aromatic nitrogens is 2. The Morgan fingerprint density at radius 2 is 2.23 bits per heavy atom. The maximum Gasteiger partial charge on any atom is 0.328 e. The summed E-state index contributed by atoms with van der Waals surface area (Å²) in [6.45, 7) is 0.296. The number of carbonyl (C=O) groups excluding carboxylic acids is 2. The van der Waals surface area contributed by atoms with E-state index in [4.69, 9.17) is 4.74 Å². The molecular formula is C14H13N3O4S. The van der Waals surface area contributed by atoms with Crippen molar-refractivity contribution in [3.63, 3.8) is 0 Å². The predicted molar refractivity (Wildman–Crippen MR) is 79.1 cm³/mol. The molecule has 3 heterocycles. The van der Waals surface area contributed by atoms with Gasteiger partial charge in [-0.2, -0.15) is 0 Å². The van der Waals surface area contributed by atoms with Crippen LogP contribution in [-0.2, 0) is 22.4 Å². The highest BCUT2D eigenvalue weighted by Gasteiger charge is 2.29. The van der Waals surface area contributed by atoms with E-state index in [0.717, 1.165) is 24.8 Å². The molecule has 114 valence electrons. The Balaban J connectivity index is 1.69. The number of carbonyl (C=O) groups is 2. The number of hydrogen-bond donors (Lipinski definition) is 2. The Hall–Kier alpha value is -2.22. The van der Waals surface area contributed by atoms with Crippen molar-refractivity contribution in [3.8, 4) is 0 Å². The standard InChI is InChI=1S/C14H13N3O4S/c18-11-9-6-2-1-3-8(6)22-13(9)17-10(16-11)12(19)15-7-4-5-21-14(7)20/h7H,1-5H2,(H,15,19)(H,16,17,18)/t7-/m0/s1. The maximum atomic E-state index is 12.3. The van der Waals surface area contributed by atoms with Gasteiger partial charge in [0.05, 0.1) is 12.0 Å². The summed E-state index contributed by atoms with van der Waals surface area (Å²) in [5.74, 6) is -1.07. The molecule has 2 N–H and O–H groups in total. The minimum Gasteiger partial charge on any atom is -0.464 e. The van der Waals surface area contributed by atoms with E-state index >= 15 is 0 Å². The van der Waals surface area contributed by atoms with Crippen molar-refractivity contribution >= 4 is 33.4 Å². The molecule has 0 saturated carbocycles. The molecule has 1 atom stereocenters. The van der Waals surface area contributed by atoms with Gasteiger partial charge in [0, 0.05) is 11.3 Å². The van der Waals surface area contributed by atoms with Crippen molar-refractivity contribution in [2.75, 3.05) is 6.61 Å². The van der Waals surface area contributed by atoms with Gasteiger partial charge in [-0.3, -0.25) is 9.59 Å². The third-order valence-electron chi connectivity index (χ3n) is 4.03. The molecule has 0 spiro atoms. The van der Waals surface area contributed by atoms with E-state index in [1.807, 2.05) is 0 Å². The summed E-state index contributed by atoms with van der Waals surface area (Å²) < 4.78 is 4.79. The number of nitrogens with one attached hydrogen (secondary N) is 2. The monoisotopic (exact) mass is 319 g/mol. The fourth-order valence-electron chi connectivity index (χ4n) is 2.96. The molecule has 0 bridgehead atoms. The molecule has 7 nitrogen and oxygen atoms in total. The molecule has 2 aliphatic rings. The lowest BCUT2D eigenvalue weighted by Crippen LogP contribution is -2.39. The Labute approximate surface area is 128 Å². The second kappa shape index (κ2) is 4.91. The van der Waals surface area contributed by atoms with Crippen LogP contribution in [0.4, 0.5) is 0 Å². The Morgan fingerprint density at radius 3 is 3.00 bits per heavy atom. The number of fused-ring (bicyclic) bond motifs is 3. The van der Waals surface area contributed by atoms with Crippen LogP contribution in [0.3, 0.4) is 0 Å². The summed E-state index contributed by atoms with van der Waals surface area (Å²) in [7, 11) is 0. The first-order valence-corrected chi connectivity index (χ1v) is 7.97. The third kappa shape index (κ3) is 2.02. The van der Waals surface area contributed by atoms with Gasteiger partial charge in [-0.25, -0.2) is 9.78 Å². The van der Waals surface area contributed by atoms with Crippen LogP contribution in [0.25, 0.3) is 10.2 Å². The van der Waals surface area contributed by atoms with Gasteiger partial charge in [-0.05, 0) is 24.8 Å². The molecule has 2 aromatic heterocycles. The van der Waals surface area contributed by atoms with Gasteiger partial charge in [0.25, 0.3) is 11.5 Å². The van der Waals surface area contributed by atoms with E-state index in [1.165, 1.54) is 16.2 Å². The predicted octanol–water partition coefficient (Wildman–Crippen LogP) is 0.519. The van der Waals surface area contributed by atoms with Crippen molar-refractivity contribution in [1.29, 1.82) is 0 Å². The second-order valence-corrected chi connectivity index (χ2v) is 6.52. The first kappa shape index (κ1) is 13.4. The van der Waals surface area contributed by atoms with Crippen LogP contribution in [0, 0.1) is 0 Å². The van der Waals surface area contributed by atoms with E-state index in [-0.39, 0.29) is 11.4 Å². The average Bonchev–Trinajstić information content (AvgIpc) is 3.15. The van der Waals surface area contributed by atoms with E-state index in [9.17, 15) is 14.4 Å². The Bertz CT molecular complexity index is 854. The molecule has 8 heteroatoms. The lowest BCUT2D eigenvalue weighted by molar-refractivity contribution is -0.139. The number of rotatable bonds is 2. The van der Waals surface area contributed by atoms with Crippen LogP contribution < -0.4 is 10.9 Å². The number of aryl methyl sites for hydroxylation is 2. The Morgan fingerprint density at radius 1 is 1.36 bits per heavy atom. The fourth-order valence-corrected chi connectivity index (χ4v) is 4.23. The number of esters is 1. The molecule has 0 unspecified atom stereocenters. The minimum absolute atomic E-state index is 0.0582. The van der Waals surface area contributed by atoms with Crippen molar-refractivity contribution in [2.24, 2.45) is 0 Å². The van der Waals surface area contributed by atoms with E-state index in [2.05, 4.69) is 15.3 Å². The van der Waals surface area contributed by atoms with Gasteiger partial charge < -0.3 is 15.0 Å². The Kier molecular flexibility index (Phi) is 3.00. The van der Waals surface area contributed by atoms with Gasteiger partial charge in [0.2, 0.25) is 5.82 Å². The van der Waals surface area contributed by atoms with Crippen molar-refractivity contribution in [1.82, 2.24) is 15.3 Å². The fraction of sp³-hybridized carbons (Fsp3) is 0.429. The summed E-state index contributed by atoms with van der Waals surface area (Å²) in [6, 6.07) is -0.665. The molecule has 2 aromatic rings. The molecular weight excluding hydrogens is 306 g/mol. The second-order valence-electron chi connectivity index (χ2n) is 5.43. The lowest BCUT2D eigenvalue weighted by atomic mass is 10.2.